The van der Waals surface area contributed by atoms with Crippen LogP contribution in [0.1, 0.15) is 29.9 Å². The van der Waals surface area contributed by atoms with E-state index in [1.807, 2.05) is 0 Å². The van der Waals surface area contributed by atoms with Crippen molar-refractivity contribution < 1.29 is 9.53 Å². The van der Waals surface area contributed by atoms with E-state index in [9.17, 15) is 4.79 Å². The summed E-state index contributed by atoms with van der Waals surface area (Å²) < 4.78 is 5.44. The smallest absolute Gasteiger partial charge is 0.288 e. The Balaban J connectivity index is 1.53. The molecule has 1 aromatic heterocycles. The molecule has 1 fully saturated rings. The Morgan fingerprint density at radius 2 is 2.41 bits per heavy atom. The van der Waals surface area contributed by atoms with Crippen molar-refractivity contribution in [1.29, 1.82) is 0 Å². The van der Waals surface area contributed by atoms with Crippen molar-refractivity contribution in [3.05, 3.63) is 5.82 Å². The molecular weight excluding hydrogens is 222 g/mol. The number of amides is 1. The Labute approximate surface area is 99.1 Å². The maximum atomic E-state index is 11.5. The van der Waals surface area contributed by atoms with Crippen LogP contribution >= 0.6 is 0 Å². The maximum Gasteiger partial charge on any atom is 0.288 e. The first-order valence-electron chi connectivity index (χ1n) is 5.79. The van der Waals surface area contributed by atoms with Gasteiger partial charge in [-0.2, -0.15) is 4.98 Å². The fourth-order valence-corrected chi connectivity index (χ4v) is 1.37. The molecule has 7 nitrogen and oxygen atoms in total. The molecule has 1 aliphatic rings. The zero-order valence-corrected chi connectivity index (χ0v) is 9.61. The molecule has 94 valence electrons. The SMILES string of the molecule is Nc1n[nH]c(C(=O)NCCCOCC2CC2)n1. The number of nitrogens with one attached hydrogen (secondary N) is 2. The molecule has 17 heavy (non-hydrogen) atoms. The number of nitrogen functional groups attached to an aromatic ring is 1. The van der Waals surface area contributed by atoms with Crippen molar-refractivity contribution in [2.45, 2.75) is 19.3 Å². The largest absolute Gasteiger partial charge is 0.381 e. The lowest BCUT2D eigenvalue weighted by Crippen LogP contribution is -2.26. The molecular formula is C10H17N5O2. The Morgan fingerprint density at radius 3 is 3.06 bits per heavy atom. The number of carbonyl (C=O) groups excluding carboxylic acids is 1. The molecule has 1 saturated carbocycles. The zero-order chi connectivity index (χ0) is 12.1. The third kappa shape index (κ3) is 4.03. The summed E-state index contributed by atoms with van der Waals surface area (Å²) in [6, 6.07) is 0. The van der Waals surface area contributed by atoms with E-state index in [1.165, 1.54) is 12.8 Å². The fourth-order valence-electron chi connectivity index (χ4n) is 1.37. The number of anilines is 1. The van der Waals surface area contributed by atoms with Crippen LogP contribution in [-0.2, 0) is 4.74 Å². The lowest BCUT2D eigenvalue weighted by Gasteiger charge is -2.04. The number of H-pyrrole nitrogens is 1. The monoisotopic (exact) mass is 239 g/mol. The molecule has 0 aromatic carbocycles. The van der Waals surface area contributed by atoms with Gasteiger partial charge in [0.05, 0.1) is 0 Å². The molecule has 1 heterocycles. The predicted molar refractivity (Wildman–Crippen MR) is 61.3 cm³/mol. The van der Waals surface area contributed by atoms with Gasteiger partial charge in [0.15, 0.2) is 0 Å². The van der Waals surface area contributed by atoms with E-state index >= 15 is 0 Å². The highest BCUT2D eigenvalue weighted by atomic mass is 16.5. The minimum absolute atomic E-state index is 0.0721. The number of carbonyl (C=O) groups is 1. The van der Waals surface area contributed by atoms with Crippen LogP contribution in [-0.4, -0.2) is 40.8 Å². The number of rotatable bonds is 7. The molecule has 1 aliphatic carbocycles. The summed E-state index contributed by atoms with van der Waals surface area (Å²) in [5.41, 5.74) is 5.29. The molecule has 0 spiro atoms. The van der Waals surface area contributed by atoms with Crippen LogP contribution in [0.5, 0.6) is 0 Å². The first kappa shape index (κ1) is 11.8. The molecule has 1 aromatic rings. The molecule has 0 atom stereocenters. The molecule has 4 N–H and O–H groups in total. The van der Waals surface area contributed by atoms with Gasteiger partial charge in [-0.15, -0.1) is 5.10 Å². The van der Waals surface area contributed by atoms with Gasteiger partial charge in [0.2, 0.25) is 11.8 Å². The molecule has 1 amide bonds. The van der Waals surface area contributed by atoms with Crippen LogP contribution in [0, 0.1) is 5.92 Å². The highest BCUT2D eigenvalue weighted by Gasteiger charge is 2.20. The summed E-state index contributed by atoms with van der Waals surface area (Å²) >= 11 is 0. The lowest BCUT2D eigenvalue weighted by atomic mass is 10.4. The van der Waals surface area contributed by atoms with Crippen molar-refractivity contribution in [2.24, 2.45) is 5.92 Å². The van der Waals surface area contributed by atoms with E-state index in [0.717, 1.165) is 18.9 Å². The zero-order valence-electron chi connectivity index (χ0n) is 9.61. The molecule has 0 unspecified atom stereocenters. The Kier molecular flexibility index (Phi) is 3.92. The standard InChI is InChI=1S/C10H17N5O2/c11-10-13-8(14-15-10)9(16)12-4-1-5-17-6-7-2-3-7/h7H,1-6H2,(H,12,16)(H3,11,13,14,15). The number of hydrogen-bond donors (Lipinski definition) is 3. The molecule has 0 aliphatic heterocycles. The van der Waals surface area contributed by atoms with Crippen LogP contribution in [0.4, 0.5) is 5.95 Å². The van der Waals surface area contributed by atoms with Gasteiger partial charge in [0, 0.05) is 19.8 Å². The number of aromatic amines is 1. The van der Waals surface area contributed by atoms with E-state index in [1.54, 1.807) is 0 Å². The van der Waals surface area contributed by atoms with E-state index in [2.05, 4.69) is 20.5 Å². The highest BCUT2D eigenvalue weighted by Crippen LogP contribution is 2.28. The van der Waals surface area contributed by atoms with Gasteiger partial charge in [-0.05, 0) is 25.2 Å². The number of ether oxygens (including phenoxy) is 1. The number of nitrogens with two attached hydrogens (primary N) is 1. The van der Waals surface area contributed by atoms with E-state index in [0.29, 0.717) is 13.2 Å². The van der Waals surface area contributed by atoms with Crippen LogP contribution < -0.4 is 11.1 Å². The molecule has 0 saturated heterocycles. The number of aromatic nitrogens is 3. The van der Waals surface area contributed by atoms with Crippen molar-refractivity contribution >= 4 is 11.9 Å². The summed E-state index contributed by atoms with van der Waals surface area (Å²) in [6.45, 7) is 2.09. The Morgan fingerprint density at radius 1 is 1.59 bits per heavy atom. The second-order valence-corrected chi connectivity index (χ2v) is 4.17. The van der Waals surface area contributed by atoms with Gasteiger partial charge in [-0.1, -0.05) is 0 Å². The first-order valence-corrected chi connectivity index (χ1v) is 5.79. The van der Waals surface area contributed by atoms with Crippen molar-refractivity contribution in [3.8, 4) is 0 Å². The average molecular weight is 239 g/mol. The quantitative estimate of drug-likeness (QED) is 0.578. The van der Waals surface area contributed by atoms with Gasteiger partial charge >= 0.3 is 0 Å². The molecule has 0 bridgehead atoms. The van der Waals surface area contributed by atoms with Gasteiger partial charge < -0.3 is 15.8 Å². The van der Waals surface area contributed by atoms with Crippen molar-refractivity contribution in [3.63, 3.8) is 0 Å². The summed E-state index contributed by atoms with van der Waals surface area (Å²) in [7, 11) is 0. The minimum Gasteiger partial charge on any atom is -0.381 e. The van der Waals surface area contributed by atoms with Crippen molar-refractivity contribution in [2.75, 3.05) is 25.5 Å². The first-order chi connectivity index (χ1) is 8.25. The number of hydrogen-bond acceptors (Lipinski definition) is 5. The summed E-state index contributed by atoms with van der Waals surface area (Å²) in [4.78, 5) is 15.2. The lowest BCUT2D eigenvalue weighted by molar-refractivity contribution is 0.0928. The van der Waals surface area contributed by atoms with E-state index in [-0.39, 0.29) is 17.7 Å². The van der Waals surface area contributed by atoms with Crippen LogP contribution in [0.3, 0.4) is 0 Å². The fraction of sp³-hybridized carbons (Fsp3) is 0.700. The van der Waals surface area contributed by atoms with Gasteiger partial charge in [-0.25, -0.2) is 0 Å². The molecule has 0 radical (unpaired) electrons. The second kappa shape index (κ2) is 5.62. The van der Waals surface area contributed by atoms with E-state index in [4.69, 9.17) is 10.5 Å². The van der Waals surface area contributed by atoms with Crippen LogP contribution in [0.2, 0.25) is 0 Å². The highest BCUT2D eigenvalue weighted by molar-refractivity contribution is 5.90. The Bertz CT molecular complexity index is 375. The summed E-state index contributed by atoms with van der Waals surface area (Å²) in [5, 5.41) is 8.74. The van der Waals surface area contributed by atoms with E-state index < -0.39 is 0 Å². The second-order valence-electron chi connectivity index (χ2n) is 4.17. The van der Waals surface area contributed by atoms with Crippen LogP contribution in [0.25, 0.3) is 0 Å². The molecule has 2 rings (SSSR count). The average Bonchev–Trinajstić information content (AvgIpc) is 3.04. The summed E-state index contributed by atoms with van der Waals surface area (Å²) in [5.74, 6) is 0.697. The number of nitrogens with zero attached hydrogens (tertiary/aromatic N) is 2. The van der Waals surface area contributed by atoms with Crippen molar-refractivity contribution in [1.82, 2.24) is 20.5 Å². The van der Waals surface area contributed by atoms with Gasteiger partial charge in [0.1, 0.15) is 0 Å². The van der Waals surface area contributed by atoms with Gasteiger partial charge in [-0.3, -0.25) is 9.89 Å². The topological polar surface area (TPSA) is 106 Å². The van der Waals surface area contributed by atoms with Crippen LogP contribution in [0.15, 0.2) is 0 Å². The molecule has 7 heteroatoms. The Hall–Kier alpha value is -1.63. The minimum atomic E-state index is -0.295. The third-order valence-electron chi connectivity index (χ3n) is 2.52. The normalized spacial score (nSPS) is 14.8. The maximum absolute atomic E-state index is 11.5. The summed E-state index contributed by atoms with van der Waals surface area (Å²) in [6.07, 6.45) is 3.38. The predicted octanol–water partition coefficient (Wildman–Crippen LogP) is -0.0666. The van der Waals surface area contributed by atoms with Gasteiger partial charge in [0.25, 0.3) is 5.91 Å². The third-order valence-corrected chi connectivity index (χ3v) is 2.52.